The van der Waals surface area contributed by atoms with Gasteiger partial charge < -0.3 is 20.4 Å². The van der Waals surface area contributed by atoms with Crippen molar-refractivity contribution in [3.05, 3.63) is 46.3 Å². The Morgan fingerprint density at radius 3 is 2.56 bits per heavy atom. The molecule has 0 saturated heterocycles. The van der Waals surface area contributed by atoms with Crippen LogP contribution in [0.5, 0.6) is 5.75 Å². The summed E-state index contributed by atoms with van der Waals surface area (Å²) >= 11 is 3.15. The quantitative estimate of drug-likeness (QED) is 0.740. The minimum atomic E-state index is -0.938. The van der Waals surface area contributed by atoms with E-state index in [1.165, 1.54) is 12.1 Å². The van der Waals surface area contributed by atoms with Crippen LogP contribution in [0, 0.1) is 0 Å². The van der Waals surface area contributed by atoms with Crippen LogP contribution in [0.25, 0.3) is 0 Å². The third kappa shape index (κ3) is 2.05. The maximum Gasteiger partial charge on any atom is 0.169 e. The fourth-order valence-corrected chi connectivity index (χ4v) is 1.76. The van der Waals surface area contributed by atoms with Gasteiger partial charge in [0.2, 0.25) is 0 Å². The molecule has 0 amide bonds. The fourth-order valence-electron chi connectivity index (χ4n) is 1.44. The van der Waals surface area contributed by atoms with Gasteiger partial charge in [-0.25, -0.2) is 0 Å². The smallest absolute Gasteiger partial charge is 0.169 e. The van der Waals surface area contributed by atoms with E-state index < -0.39 is 6.10 Å². The largest absolute Gasteiger partial charge is 0.508 e. The molecule has 0 aliphatic carbocycles. The Morgan fingerprint density at radius 2 is 2.00 bits per heavy atom. The van der Waals surface area contributed by atoms with Crippen molar-refractivity contribution in [1.82, 2.24) is 0 Å². The summed E-state index contributed by atoms with van der Waals surface area (Å²) in [5.74, 6) is 0.457. The number of aliphatic hydroxyl groups is 1. The number of benzene rings is 1. The first-order valence-corrected chi connectivity index (χ1v) is 5.39. The molecule has 0 aliphatic heterocycles. The van der Waals surface area contributed by atoms with Crippen molar-refractivity contribution in [2.24, 2.45) is 0 Å². The first kappa shape index (κ1) is 11.0. The standard InChI is InChI=1S/C11H10BrNO3/c12-10-4-3-9(16-10)11(15)7-2-1-6(14)5-8(7)13/h1-5,11,14-15H,13H2. The second-order valence-electron chi connectivity index (χ2n) is 3.36. The van der Waals surface area contributed by atoms with E-state index in [1.807, 2.05) is 0 Å². The SMILES string of the molecule is Nc1cc(O)ccc1C(O)c1ccc(Br)o1. The van der Waals surface area contributed by atoms with Crippen LogP contribution >= 0.6 is 15.9 Å². The normalized spacial score (nSPS) is 12.6. The van der Waals surface area contributed by atoms with E-state index in [0.29, 0.717) is 21.7 Å². The van der Waals surface area contributed by atoms with Crippen molar-refractivity contribution in [2.45, 2.75) is 6.10 Å². The van der Waals surface area contributed by atoms with E-state index >= 15 is 0 Å². The van der Waals surface area contributed by atoms with E-state index in [2.05, 4.69) is 15.9 Å². The van der Waals surface area contributed by atoms with Gasteiger partial charge in [0.15, 0.2) is 4.67 Å². The number of hydrogen-bond donors (Lipinski definition) is 3. The molecule has 2 aromatic rings. The summed E-state index contributed by atoms with van der Waals surface area (Å²) in [4.78, 5) is 0. The summed E-state index contributed by atoms with van der Waals surface area (Å²) in [6.45, 7) is 0. The molecule has 0 saturated carbocycles. The third-order valence-corrected chi connectivity index (χ3v) is 2.65. The molecule has 4 N–H and O–H groups in total. The lowest BCUT2D eigenvalue weighted by Gasteiger charge is -2.11. The molecule has 0 radical (unpaired) electrons. The second-order valence-corrected chi connectivity index (χ2v) is 4.14. The Labute approximate surface area is 100 Å². The zero-order valence-electron chi connectivity index (χ0n) is 8.22. The summed E-state index contributed by atoms with van der Waals surface area (Å²) in [6.07, 6.45) is -0.938. The van der Waals surface area contributed by atoms with Gasteiger partial charge in [-0.15, -0.1) is 0 Å². The summed E-state index contributed by atoms with van der Waals surface area (Å²) < 4.78 is 5.77. The Balaban J connectivity index is 2.37. The zero-order chi connectivity index (χ0) is 11.7. The number of aromatic hydroxyl groups is 1. The number of anilines is 1. The van der Waals surface area contributed by atoms with Gasteiger partial charge in [-0.3, -0.25) is 0 Å². The highest BCUT2D eigenvalue weighted by atomic mass is 79.9. The summed E-state index contributed by atoms with van der Waals surface area (Å²) in [6, 6.07) is 7.76. The maximum absolute atomic E-state index is 10.0. The van der Waals surface area contributed by atoms with Crippen molar-refractivity contribution >= 4 is 21.6 Å². The third-order valence-electron chi connectivity index (χ3n) is 2.23. The van der Waals surface area contributed by atoms with Crippen molar-refractivity contribution in [3.63, 3.8) is 0 Å². The predicted octanol–water partition coefficient (Wildman–Crippen LogP) is 2.41. The van der Waals surface area contributed by atoms with Crippen molar-refractivity contribution < 1.29 is 14.6 Å². The number of rotatable bonds is 2. The van der Waals surface area contributed by atoms with Gasteiger partial charge >= 0.3 is 0 Å². The van der Waals surface area contributed by atoms with E-state index in [9.17, 15) is 10.2 Å². The molecule has 84 valence electrons. The molecule has 2 rings (SSSR count). The Bertz CT molecular complexity index is 510. The van der Waals surface area contributed by atoms with E-state index in [4.69, 9.17) is 10.2 Å². The molecule has 1 aromatic carbocycles. The minimum absolute atomic E-state index is 0.0640. The van der Waals surface area contributed by atoms with Gasteiger partial charge in [0.25, 0.3) is 0 Å². The Hall–Kier alpha value is -1.46. The number of nitrogen functional groups attached to an aromatic ring is 1. The Kier molecular flexibility index (Phi) is 2.89. The second kappa shape index (κ2) is 4.19. The summed E-state index contributed by atoms with van der Waals surface area (Å²) in [5.41, 5.74) is 6.51. The summed E-state index contributed by atoms with van der Waals surface area (Å²) in [7, 11) is 0. The Morgan fingerprint density at radius 1 is 1.25 bits per heavy atom. The lowest BCUT2D eigenvalue weighted by Crippen LogP contribution is -2.02. The number of halogens is 1. The topological polar surface area (TPSA) is 79.6 Å². The first-order chi connectivity index (χ1) is 7.58. The molecule has 1 unspecified atom stereocenters. The average Bonchev–Trinajstić information content (AvgIpc) is 2.64. The molecule has 4 nitrogen and oxygen atoms in total. The number of phenols is 1. The molecule has 0 aliphatic rings. The predicted molar refractivity (Wildman–Crippen MR) is 63.0 cm³/mol. The van der Waals surface area contributed by atoms with Crippen LogP contribution in [0.2, 0.25) is 0 Å². The monoisotopic (exact) mass is 283 g/mol. The van der Waals surface area contributed by atoms with Gasteiger partial charge in [-0.05, 0) is 34.1 Å². The fraction of sp³-hybridized carbons (Fsp3) is 0.0909. The van der Waals surface area contributed by atoms with Gasteiger partial charge in [0.1, 0.15) is 17.6 Å². The van der Waals surface area contributed by atoms with Gasteiger partial charge in [0.05, 0.1) is 0 Å². The van der Waals surface area contributed by atoms with Crippen LogP contribution in [-0.4, -0.2) is 10.2 Å². The molecule has 1 atom stereocenters. The summed E-state index contributed by atoms with van der Waals surface area (Å²) in [5, 5.41) is 19.2. The van der Waals surface area contributed by atoms with Crippen LogP contribution in [0.3, 0.4) is 0 Å². The molecule has 1 aromatic heterocycles. The van der Waals surface area contributed by atoms with Crippen LogP contribution in [0.1, 0.15) is 17.4 Å². The van der Waals surface area contributed by atoms with Crippen LogP contribution in [0.15, 0.2) is 39.4 Å². The molecular formula is C11H10BrNO3. The number of hydrogen-bond acceptors (Lipinski definition) is 4. The van der Waals surface area contributed by atoms with Gasteiger partial charge in [0, 0.05) is 17.3 Å². The van der Waals surface area contributed by atoms with Gasteiger partial charge in [-0.2, -0.15) is 0 Å². The average molecular weight is 284 g/mol. The van der Waals surface area contributed by atoms with Crippen LogP contribution in [-0.2, 0) is 0 Å². The van der Waals surface area contributed by atoms with Crippen molar-refractivity contribution in [2.75, 3.05) is 5.73 Å². The zero-order valence-corrected chi connectivity index (χ0v) is 9.81. The van der Waals surface area contributed by atoms with E-state index in [-0.39, 0.29) is 5.75 Å². The van der Waals surface area contributed by atoms with Crippen molar-refractivity contribution in [1.29, 1.82) is 0 Å². The number of aliphatic hydroxyl groups excluding tert-OH is 1. The minimum Gasteiger partial charge on any atom is -0.508 e. The van der Waals surface area contributed by atoms with E-state index in [1.54, 1.807) is 18.2 Å². The highest BCUT2D eigenvalue weighted by Gasteiger charge is 2.17. The highest BCUT2D eigenvalue weighted by Crippen LogP contribution is 2.30. The first-order valence-electron chi connectivity index (χ1n) is 4.59. The molecule has 16 heavy (non-hydrogen) atoms. The number of phenolic OH excluding ortho intramolecular Hbond substituents is 1. The van der Waals surface area contributed by atoms with E-state index in [0.717, 1.165) is 0 Å². The van der Waals surface area contributed by atoms with Crippen LogP contribution < -0.4 is 5.73 Å². The maximum atomic E-state index is 10.0. The van der Waals surface area contributed by atoms with Crippen LogP contribution in [0.4, 0.5) is 5.69 Å². The number of furan rings is 1. The molecule has 5 heteroatoms. The van der Waals surface area contributed by atoms with Crippen molar-refractivity contribution in [3.8, 4) is 5.75 Å². The molecular weight excluding hydrogens is 274 g/mol. The molecule has 0 bridgehead atoms. The molecule has 0 fully saturated rings. The van der Waals surface area contributed by atoms with Gasteiger partial charge in [-0.1, -0.05) is 6.07 Å². The lowest BCUT2D eigenvalue weighted by atomic mass is 10.1. The number of nitrogens with two attached hydrogens (primary N) is 1. The lowest BCUT2D eigenvalue weighted by molar-refractivity contribution is 0.188. The highest BCUT2D eigenvalue weighted by molar-refractivity contribution is 9.10. The molecule has 1 heterocycles. The molecule has 0 spiro atoms.